The third-order valence-electron chi connectivity index (χ3n) is 2.86. The van der Waals surface area contributed by atoms with E-state index >= 15 is 0 Å². The minimum absolute atomic E-state index is 0.247. The first-order chi connectivity index (χ1) is 6.27. The van der Waals surface area contributed by atoms with Gasteiger partial charge in [0.2, 0.25) is 0 Å². The summed E-state index contributed by atoms with van der Waals surface area (Å²) in [5.41, 5.74) is 0. The summed E-state index contributed by atoms with van der Waals surface area (Å²) in [5.74, 6) is 0. The zero-order valence-corrected chi connectivity index (χ0v) is 8.79. The van der Waals surface area contributed by atoms with Crippen molar-refractivity contribution in [1.82, 2.24) is 10.2 Å². The quantitative estimate of drug-likeness (QED) is 0.654. The number of hydrogen-bond acceptors (Lipinski definition) is 3. The van der Waals surface area contributed by atoms with E-state index < -0.39 is 0 Å². The fraction of sp³-hybridized carbons (Fsp3) is 1.00. The molecule has 1 rings (SSSR count). The van der Waals surface area contributed by atoms with Crippen LogP contribution in [0.3, 0.4) is 0 Å². The largest absolute Gasteiger partial charge is 0.395 e. The van der Waals surface area contributed by atoms with E-state index in [0.717, 1.165) is 13.1 Å². The lowest BCUT2D eigenvalue weighted by Gasteiger charge is -2.26. The lowest BCUT2D eigenvalue weighted by molar-refractivity contribution is 0.179. The van der Waals surface area contributed by atoms with E-state index in [1.807, 2.05) is 0 Å². The third kappa shape index (κ3) is 3.25. The Morgan fingerprint density at radius 1 is 1.62 bits per heavy atom. The van der Waals surface area contributed by atoms with Gasteiger partial charge in [-0.1, -0.05) is 6.92 Å². The van der Waals surface area contributed by atoms with Gasteiger partial charge in [-0.15, -0.1) is 0 Å². The van der Waals surface area contributed by atoms with Crippen molar-refractivity contribution in [3.05, 3.63) is 0 Å². The van der Waals surface area contributed by atoms with Gasteiger partial charge in [0.15, 0.2) is 0 Å². The maximum atomic E-state index is 9.11. The molecule has 0 spiro atoms. The molecule has 0 aromatic heterocycles. The fourth-order valence-corrected chi connectivity index (χ4v) is 2.02. The van der Waals surface area contributed by atoms with Gasteiger partial charge in [-0.3, -0.25) is 4.90 Å². The Bertz CT molecular complexity index is 141. The van der Waals surface area contributed by atoms with Crippen LogP contribution in [0.2, 0.25) is 0 Å². The predicted octanol–water partition coefficient (Wildman–Crippen LogP) is 0.441. The van der Waals surface area contributed by atoms with Crippen molar-refractivity contribution >= 4 is 0 Å². The lowest BCUT2D eigenvalue weighted by atomic mass is 10.2. The van der Waals surface area contributed by atoms with E-state index in [-0.39, 0.29) is 12.6 Å². The number of likely N-dealkylation sites (N-methyl/N-ethyl adjacent to an activating group) is 1. The molecule has 0 radical (unpaired) electrons. The minimum Gasteiger partial charge on any atom is -0.395 e. The van der Waals surface area contributed by atoms with Gasteiger partial charge in [0, 0.05) is 18.6 Å². The molecule has 3 nitrogen and oxygen atoms in total. The molecule has 2 unspecified atom stereocenters. The van der Waals surface area contributed by atoms with Gasteiger partial charge in [-0.2, -0.15) is 0 Å². The molecule has 0 aromatic carbocycles. The average molecular weight is 186 g/mol. The van der Waals surface area contributed by atoms with Crippen LogP contribution in [-0.4, -0.2) is 48.3 Å². The number of aliphatic hydroxyl groups is 1. The van der Waals surface area contributed by atoms with Gasteiger partial charge < -0.3 is 10.4 Å². The summed E-state index contributed by atoms with van der Waals surface area (Å²) in [6.07, 6.45) is 2.62. The first-order valence-electron chi connectivity index (χ1n) is 5.36. The highest BCUT2D eigenvalue weighted by Crippen LogP contribution is 2.16. The second kappa shape index (κ2) is 5.58. The van der Waals surface area contributed by atoms with Gasteiger partial charge in [0.05, 0.1) is 6.61 Å². The first kappa shape index (κ1) is 11.0. The van der Waals surface area contributed by atoms with Crippen LogP contribution in [0.4, 0.5) is 0 Å². The molecule has 2 N–H and O–H groups in total. The van der Waals surface area contributed by atoms with Crippen LogP contribution >= 0.6 is 0 Å². The summed E-state index contributed by atoms with van der Waals surface area (Å²) in [5, 5.41) is 12.4. The van der Waals surface area contributed by atoms with Crippen LogP contribution in [0, 0.1) is 0 Å². The van der Waals surface area contributed by atoms with Gasteiger partial charge >= 0.3 is 0 Å². The molecule has 0 aliphatic carbocycles. The van der Waals surface area contributed by atoms with Crippen molar-refractivity contribution < 1.29 is 5.11 Å². The SMILES string of the molecule is CCNC(CO)CN1CCCC1C. The molecule has 2 atom stereocenters. The summed E-state index contributed by atoms with van der Waals surface area (Å²) in [6.45, 7) is 7.72. The predicted molar refractivity (Wildman–Crippen MR) is 54.8 cm³/mol. The highest BCUT2D eigenvalue weighted by Gasteiger charge is 2.22. The second-order valence-electron chi connectivity index (χ2n) is 3.92. The van der Waals surface area contributed by atoms with Gasteiger partial charge in [0.1, 0.15) is 0 Å². The summed E-state index contributed by atoms with van der Waals surface area (Å²) >= 11 is 0. The molecular weight excluding hydrogens is 164 g/mol. The molecule has 3 heteroatoms. The molecule has 1 aliphatic rings. The normalized spacial score (nSPS) is 26.5. The number of aliphatic hydroxyl groups excluding tert-OH is 1. The van der Waals surface area contributed by atoms with Gasteiger partial charge in [-0.25, -0.2) is 0 Å². The van der Waals surface area contributed by atoms with Crippen molar-refractivity contribution in [2.75, 3.05) is 26.2 Å². The monoisotopic (exact) mass is 186 g/mol. The van der Waals surface area contributed by atoms with Crippen LogP contribution in [0.5, 0.6) is 0 Å². The second-order valence-corrected chi connectivity index (χ2v) is 3.92. The average Bonchev–Trinajstić information content (AvgIpc) is 2.51. The Morgan fingerprint density at radius 3 is 2.85 bits per heavy atom. The highest BCUT2D eigenvalue weighted by molar-refractivity contribution is 4.79. The Hall–Kier alpha value is -0.120. The maximum absolute atomic E-state index is 9.11. The summed E-state index contributed by atoms with van der Waals surface area (Å²) < 4.78 is 0. The molecule has 1 aliphatic heterocycles. The van der Waals surface area contributed by atoms with Crippen LogP contribution in [-0.2, 0) is 0 Å². The summed E-state index contributed by atoms with van der Waals surface area (Å²) in [4.78, 5) is 2.46. The Labute approximate surface area is 81.1 Å². The van der Waals surface area contributed by atoms with E-state index in [1.54, 1.807) is 0 Å². The zero-order valence-electron chi connectivity index (χ0n) is 8.79. The molecule has 13 heavy (non-hydrogen) atoms. The summed E-state index contributed by atoms with van der Waals surface area (Å²) in [7, 11) is 0. The Kier molecular flexibility index (Phi) is 4.70. The number of hydrogen-bond donors (Lipinski definition) is 2. The number of nitrogens with zero attached hydrogens (tertiary/aromatic N) is 1. The van der Waals surface area contributed by atoms with E-state index in [0.29, 0.717) is 6.04 Å². The van der Waals surface area contributed by atoms with Crippen molar-refractivity contribution in [2.24, 2.45) is 0 Å². The van der Waals surface area contributed by atoms with Gasteiger partial charge in [-0.05, 0) is 32.9 Å². The summed E-state index contributed by atoms with van der Waals surface area (Å²) in [6, 6.07) is 0.957. The minimum atomic E-state index is 0.247. The molecule has 0 aromatic rings. The van der Waals surface area contributed by atoms with E-state index in [2.05, 4.69) is 24.1 Å². The van der Waals surface area contributed by atoms with Crippen molar-refractivity contribution in [3.63, 3.8) is 0 Å². The molecule has 1 heterocycles. The van der Waals surface area contributed by atoms with E-state index in [4.69, 9.17) is 5.11 Å². The van der Waals surface area contributed by atoms with Crippen LogP contribution in [0.1, 0.15) is 26.7 Å². The molecule has 1 fully saturated rings. The van der Waals surface area contributed by atoms with Crippen molar-refractivity contribution in [3.8, 4) is 0 Å². The molecule has 0 amide bonds. The lowest BCUT2D eigenvalue weighted by Crippen LogP contribution is -2.44. The standard InChI is InChI=1S/C10H22N2O/c1-3-11-10(8-13)7-12-6-4-5-9(12)2/h9-11,13H,3-8H2,1-2H3. The third-order valence-corrected chi connectivity index (χ3v) is 2.86. The highest BCUT2D eigenvalue weighted by atomic mass is 16.3. The van der Waals surface area contributed by atoms with E-state index in [9.17, 15) is 0 Å². The first-order valence-corrected chi connectivity index (χ1v) is 5.36. The topological polar surface area (TPSA) is 35.5 Å². The Morgan fingerprint density at radius 2 is 2.38 bits per heavy atom. The molecule has 0 saturated carbocycles. The van der Waals surface area contributed by atoms with Crippen LogP contribution in [0.15, 0.2) is 0 Å². The smallest absolute Gasteiger partial charge is 0.0597 e. The molecule has 0 bridgehead atoms. The zero-order chi connectivity index (χ0) is 9.68. The number of rotatable bonds is 5. The van der Waals surface area contributed by atoms with Crippen LogP contribution < -0.4 is 5.32 Å². The number of likely N-dealkylation sites (tertiary alicyclic amines) is 1. The van der Waals surface area contributed by atoms with Crippen LogP contribution in [0.25, 0.3) is 0 Å². The Balaban J connectivity index is 2.27. The van der Waals surface area contributed by atoms with E-state index in [1.165, 1.54) is 19.4 Å². The molecule has 78 valence electrons. The maximum Gasteiger partial charge on any atom is 0.0597 e. The van der Waals surface area contributed by atoms with Gasteiger partial charge in [0.25, 0.3) is 0 Å². The fourth-order valence-electron chi connectivity index (χ4n) is 2.02. The van der Waals surface area contributed by atoms with Crippen molar-refractivity contribution in [1.29, 1.82) is 0 Å². The molecule has 1 saturated heterocycles. The van der Waals surface area contributed by atoms with Crippen molar-refractivity contribution in [2.45, 2.75) is 38.8 Å². The molecular formula is C10H22N2O. The number of nitrogens with one attached hydrogen (secondary N) is 1.